The van der Waals surface area contributed by atoms with Gasteiger partial charge >= 0.3 is 0 Å². The Hall–Kier alpha value is -1.32. The largest absolute Gasteiger partial charge is 0.370 e. The van der Waals surface area contributed by atoms with E-state index >= 15 is 0 Å². The summed E-state index contributed by atoms with van der Waals surface area (Å²) >= 11 is 0. The van der Waals surface area contributed by atoms with Gasteiger partial charge in [0.05, 0.1) is 0 Å². The minimum atomic E-state index is 0.411. The summed E-state index contributed by atoms with van der Waals surface area (Å²) in [7, 11) is 0. The van der Waals surface area contributed by atoms with Crippen molar-refractivity contribution in [2.75, 3.05) is 17.2 Å². The minimum absolute atomic E-state index is 0.411. The molecule has 0 saturated heterocycles. The van der Waals surface area contributed by atoms with Crippen molar-refractivity contribution < 1.29 is 0 Å². The van der Waals surface area contributed by atoms with E-state index in [1.54, 1.807) is 6.33 Å². The van der Waals surface area contributed by atoms with E-state index in [1.807, 2.05) is 0 Å². The Morgan fingerprint density at radius 1 is 1.35 bits per heavy atom. The van der Waals surface area contributed by atoms with Gasteiger partial charge in [-0.25, -0.2) is 9.97 Å². The molecule has 1 saturated carbocycles. The van der Waals surface area contributed by atoms with Gasteiger partial charge < -0.3 is 10.6 Å². The van der Waals surface area contributed by atoms with Crippen LogP contribution in [0.5, 0.6) is 0 Å². The molecule has 1 heterocycles. The molecule has 1 unspecified atom stereocenters. The Bertz CT molecular complexity index is 400. The van der Waals surface area contributed by atoms with E-state index in [0.29, 0.717) is 11.5 Å². The average Bonchev–Trinajstić information content (AvgIpc) is 2.87. The molecule has 1 aromatic rings. The standard InChI is InChI=1S/C13H22N4/c1-5-6-14-11-9(2)12(16-8-15-11)17-10-7-13(10,3)4/h8,10H,5-7H2,1-4H3,(H2,14,15,16,17). The Morgan fingerprint density at radius 2 is 2.00 bits per heavy atom. The predicted octanol–water partition coefficient (Wildman–Crippen LogP) is 2.82. The van der Waals surface area contributed by atoms with Gasteiger partial charge in [0.1, 0.15) is 18.0 Å². The average molecular weight is 234 g/mol. The zero-order valence-corrected chi connectivity index (χ0v) is 11.2. The van der Waals surface area contributed by atoms with Crippen molar-refractivity contribution in [2.45, 2.75) is 46.6 Å². The maximum absolute atomic E-state index is 4.33. The summed E-state index contributed by atoms with van der Waals surface area (Å²) in [6, 6.07) is 0.551. The van der Waals surface area contributed by atoms with Crippen LogP contribution in [0.15, 0.2) is 6.33 Å². The summed E-state index contributed by atoms with van der Waals surface area (Å²) in [6.45, 7) is 9.71. The van der Waals surface area contributed by atoms with Gasteiger partial charge in [0.2, 0.25) is 0 Å². The highest BCUT2D eigenvalue weighted by molar-refractivity contribution is 5.57. The fourth-order valence-corrected chi connectivity index (χ4v) is 1.90. The Morgan fingerprint density at radius 3 is 2.59 bits per heavy atom. The zero-order chi connectivity index (χ0) is 12.5. The minimum Gasteiger partial charge on any atom is -0.370 e. The molecular weight excluding hydrogens is 212 g/mol. The van der Waals surface area contributed by atoms with Gasteiger partial charge in [0.25, 0.3) is 0 Å². The molecule has 0 amide bonds. The van der Waals surface area contributed by atoms with E-state index in [1.165, 1.54) is 6.42 Å². The quantitative estimate of drug-likeness (QED) is 0.822. The van der Waals surface area contributed by atoms with E-state index in [0.717, 1.165) is 30.2 Å². The molecule has 1 aromatic heterocycles. The second kappa shape index (κ2) is 4.51. The lowest BCUT2D eigenvalue weighted by Gasteiger charge is -2.13. The fourth-order valence-electron chi connectivity index (χ4n) is 1.90. The molecule has 94 valence electrons. The highest BCUT2D eigenvalue weighted by Gasteiger charge is 2.46. The molecule has 1 aliphatic rings. The second-order valence-electron chi connectivity index (χ2n) is 5.51. The molecule has 4 heteroatoms. The van der Waals surface area contributed by atoms with E-state index in [4.69, 9.17) is 0 Å². The third-order valence-corrected chi connectivity index (χ3v) is 3.45. The molecule has 0 aromatic carbocycles. The monoisotopic (exact) mass is 234 g/mol. The number of aromatic nitrogens is 2. The van der Waals surface area contributed by atoms with Crippen LogP contribution >= 0.6 is 0 Å². The molecular formula is C13H22N4. The van der Waals surface area contributed by atoms with Gasteiger partial charge in [-0.1, -0.05) is 20.8 Å². The maximum atomic E-state index is 4.33. The maximum Gasteiger partial charge on any atom is 0.134 e. The Kier molecular flexibility index (Phi) is 3.22. The van der Waals surface area contributed by atoms with Crippen LogP contribution in [0.25, 0.3) is 0 Å². The summed E-state index contributed by atoms with van der Waals surface area (Å²) < 4.78 is 0. The van der Waals surface area contributed by atoms with E-state index in [-0.39, 0.29) is 0 Å². The van der Waals surface area contributed by atoms with Crippen LogP contribution in [0.3, 0.4) is 0 Å². The summed E-state index contributed by atoms with van der Waals surface area (Å²) in [5, 5.41) is 6.83. The summed E-state index contributed by atoms with van der Waals surface area (Å²) in [5.41, 5.74) is 1.53. The van der Waals surface area contributed by atoms with Crippen LogP contribution in [-0.4, -0.2) is 22.6 Å². The molecule has 17 heavy (non-hydrogen) atoms. The Balaban J connectivity index is 2.07. The molecule has 0 radical (unpaired) electrons. The van der Waals surface area contributed by atoms with Crippen molar-refractivity contribution in [3.63, 3.8) is 0 Å². The highest BCUT2D eigenvalue weighted by Crippen LogP contribution is 2.46. The van der Waals surface area contributed by atoms with Gasteiger partial charge in [-0.15, -0.1) is 0 Å². The van der Waals surface area contributed by atoms with Gasteiger partial charge in [-0.2, -0.15) is 0 Å². The molecule has 1 atom stereocenters. The summed E-state index contributed by atoms with van der Waals surface area (Å²) in [6.07, 6.45) is 3.94. The van der Waals surface area contributed by atoms with E-state index in [9.17, 15) is 0 Å². The molecule has 2 N–H and O–H groups in total. The highest BCUT2D eigenvalue weighted by atomic mass is 15.1. The van der Waals surface area contributed by atoms with Gasteiger partial charge in [-0.05, 0) is 25.2 Å². The van der Waals surface area contributed by atoms with Crippen LogP contribution in [0.1, 0.15) is 39.2 Å². The van der Waals surface area contributed by atoms with Crippen LogP contribution in [0.4, 0.5) is 11.6 Å². The van der Waals surface area contributed by atoms with E-state index in [2.05, 4.69) is 48.3 Å². The van der Waals surface area contributed by atoms with Crippen LogP contribution < -0.4 is 10.6 Å². The molecule has 1 fully saturated rings. The van der Waals surface area contributed by atoms with Crippen LogP contribution in [0, 0.1) is 12.3 Å². The fraction of sp³-hybridized carbons (Fsp3) is 0.692. The van der Waals surface area contributed by atoms with Gasteiger partial charge in [0.15, 0.2) is 0 Å². The smallest absolute Gasteiger partial charge is 0.134 e. The lowest BCUT2D eigenvalue weighted by molar-refractivity contribution is 0.629. The lowest BCUT2D eigenvalue weighted by atomic mass is 10.2. The number of nitrogens with one attached hydrogen (secondary N) is 2. The number of hydrogen-bond acceptors (Lipinski definition) is 4. The first kappa shape index (κ1) is 12.1. The van der Waals surface area contributed by atoms with E-state index < -0.39 is 0 Å². The molecule has 1 aliphatic carbocycles. The summed E-state index contributed by atoms with van der Waals surface area (Å²) in [4.78, 5) is 8.61. The first-order valence-electron chi connectivity index (χ1n) is 6.36. The third-order valence-electron chi connectivity index (χ3n) is 3.45. The number of rotatable bonds is 5. The first-order chi connectivity index (χ1) is 8.04. The third kappa shape index (κ3) is 2.68. The van der Waals surface area contributed by atoms with Crippen molar-refractivity contribution in [2.24, 2.45) is 5.41 Å². The number of hydrogen-bond donors (Lipinski definition) is 2. The zero-order valence-electron chi connectivity index (χ0n) is 11.2. The summed E-state index contributed by atoms with van der Waals surface area (Å²) in [5.74, 6) is 1.91. The predicted molar refractivity (Wildman–Crippen MR) is 71.4 cm³/mol. The van der Waals surface area contributed by atoms with Crippen LogP contribution in [-0.2, 0) is 0 Å². The lowest BCUT2D eigenvalue weighted by Crippen LogP contribution is -2.13. The Labute approximate surface area is 103 Å². The van der Waals surface area contributed by atoms with Crippen molar-refractivity contribution >= 4 is 11.6 Å². The van der Waals surface area contributed by atoms with Crippen molar-refractivity contribution in [1.82, 2.24) is 9.97 Å². The topological polar surface area (TPSA) is 49.8 Å². The number of nitrogens with zero attached hydrogens (tertiary/aromatic N) is 2. The second-order valence-corrected chi connectivity index (χ2v) is 5.51. The molecule has 0 aliphatic heterocycles. The van der Waals surface area contributed by atoms with Crippen molar-refractivity contribution in [3.8, 4) is 0 Å². The number of anilines is 2. The molecule has 4 nitrogen and oxygen atoms in total. The molecule has 0 spiro atoms. The van der Waals surface area contributed by atoms with Gasteiger partial charge in [0, 0.05) is 18.2 Å². The molecule has 2 rings (SSSR count). The first-order valence-corrected chi connectivity index (χ1v) is 6.36. The normalized spacial score (nSPS) is 21.1. The van der Waals surface area contributed by atoms with Crippen LogP contribution in [0.2, 0.25) is 0 Å². The van der Waals surface area contributed by atoms with Crippen molar-refractivity contribution in [3.05, 3.63) is 11.9 Å². The SMILES string of the molecule is CCCNc1ncnc(NC2CC2(C)C)c1C. The van der Waals surface area contributed by atoms with Crippen molar-refractivity contribution in [1.29, 1.82) is 0 Å². The van der Waals surface area contributed by atoms with Gasteiger partial charge in [-0.3, -0.25) is 0 Å². The molecule has 0 bridgehead atoms.